The zero-order valence-electron chi connectivity index (χ0n) is 6.20. The Labute approximate surface area is 97.9 Å². The van der Waals surface area contributed by atoms with Gasteiger partial charge in [-0.2, -0.15) is 0 Å². The second-order valence-corrected chi connectivity index (χ2v) is 3.97. The predicted octanol–water partition coefficient (Wildman–Crippen LogP) is 3.49. The molecule has 0 fully saturated rings. The molecular formula is C6HBrF4INO. The molecular weight excluding hydrogens is 385 g/mol. The predicted molar refractivity (Wildman–Crippen MR) is 51.3 cm³/mol. The molecule has 1 aromatic rings. The van der Waals surface area contributed by atoms with Gasteiger partial charge in [0.15, 0.2) is 5.82 Å². The van der Waals surface area contributed by atoms with Gasteiger partial charge >= 0.3 is 6.36 Å². The van der Waals surface area contributed by atoms with Crippen LogP contribution in [-0.4, -0.2) is 11.3 Å². The Bertz CT molecular complexity index is 356. The second-order valence-electron chi connectivity index (χ2n) is 2.10. The number of alkyl halides is 3. The Morgan fingerprint density at radius 1 is 1.43 bits per heavy atom. The highest BCUT2D eigenvalue weighted by atomic mass is 127. The summed E-state index contributed by atoms with van der Waals surface area (Å²) in [7, 11) is 0. The van der Waals surface area contributed by atoms with Crippen LogP contribution in [0.2, 0.25) is 0 Å². The van der Waals surface area contributed by atoms with Gasteiger partial charge in [-0.05, 0) is 44.6 Å². The van der Waals surface area contributed by atoms with Crippen LogP contribution >= 0.6 is 38.5 Å². The monoisotopic (exact) mass is 385 g/mol. The number of rotatable bonds is 1. The molecule has 1 aromatic heterocycles. The van der Waals surface area contributed by atoms with Crippen LogP contribution in [0.15, 0.2) is 10.5 Å². The number of hydrogen-bond donors (Lipinski definition) is 0. The first-order valence-corrected chi connectivity index (χ1v) is 4.94. The molecule has 0 unspecified atom stereocenters. The van der Waals surface area contributed by atoms with E-state index >= 15 is 0 Å². The minimum absolute atomic E-state index is 0.187. The molecule has 0 atom stereocenters. The summed E-state index contributed by atoms with van der Waals surface area (Å²) in [4.78, 5) is 3.28. The Morgan fingerprint density at radius 2 is 2.00 bits per heavy atom. The van der Waals surface area contributed by atoms with Crippen molar-refractivity contribution in [2.24, 2.45) is 0 Å². The van der Waals surface area contributed by atoms with Crippen molar-refractivity contribution in [3.63, 3.8) is 0 Å². The van der Waals surface area contributed by atoms with Crippen LogP contribution in [0.4, 0.5) is 17.6 Å². The molecule has 2 nitrogen and oxygen atoms in total. The van der Waals surface area contributed by atoms with Crippen LogP contribution in [-0.2, 0) is 0 Å². The summed E-state index contributed by atoms with van der Waals surface area (Å²) in [5.74, 6) is -1.42. The fourth-order valence-corrected chi connectivity index (χ4v) is 1.36. The first-order valence-electron chi connectivity index (χ1n) is 3.07. The third-order valence-electron chi connectivity index (χ3n) is 1.07. The minimum Gasteiger partial charge on any atom is -0.387 e. The van der Waals surface area contributed by atoms with E-state index in [-0.39, 0.29) is 8.17 Å². The van der Waals surface area contributed by atoms with Crippen molar-refractivity contribution >= 4 is 38.5 Å². The maximum atomic E-state index is 12.8. The van der Waals surface area contributed by atoms with E-state index in [0.29, 0.717) is 0 Å². The van der Waals surface area contributed by atoms with E-state index in [1.165, 1.54) is 22.6 Å². The van der Waals surface area contributed by atoms with Gasteiger partial charge in [0.2, 0.25) is 5.88 Å². The SMILES string of the molecule is Fc1cc(Br)c(OC(F)(F)F)nc1I. The van der Waals surface area contributed by atoms with Crippen LogP contribution in [0, 0.1) is 9.52 Å². The van der Waals surface area contributed by atoms with Crippen molar-refractivity contribution in [3.8, 4) is 5.88 Å². The molecule has 0 aromatic carbocycles. The molecule has 0 saturated carbocycles. The Morgan fingerprint density at radius 3 is 2.50 bits per heavy atom. The van der Waals surface area contributed by atoms with Gasteiger partial charge in [0.25, 0.3) is 0 Å². The highest BCUT2D eigenvalue weighted by Crippen LogP contribution is 2.30. The molecule has 1 heterocycles. The molecule has 0 aliphatic rings. The van der Waals surface area contributed by atoms with Gasteiger partial charge in [-0.3, -0.25) is 0 Å². The van der Waals surface area contributed by atoms with Gasteiger partial charge in [-0.15, -0.1) is 13.2 Å². The van der Waals surface area contributed by atoms with Crippen LogP contribution in [0.1, 0.15) is 0 Å². The molecule has 0 aliphatic carbocycles. The molecule has 0 bridgehead atoms. The molecule has 0 saturated heterocycles. The quantitative estimate of drug-likeness (QED) is 0.419. The molecule has 0 amide bonds. The van der Waals surface area contributed by atoms with E-state index in [4.69, 9.17) is 0 Å². The lowest BCUT2D eigenvalue weighted by atomic mass is 10.5. The topological polar surface area (TPSA) is 22.1 Å². The van der Waals surface area contributed by atoms with Gasteiger partial charge in [0.05, 0.1) is 4.47 Å². The fraction of sp³-hybridized carbons (Fsp3) is 0.167. The average Bonchev–Trinajstić information content (AvgIpc) is 1.97. The molecule has 8 heteroatoms. The van der Waals surface area contributed by atoms with Crippen LogP contribution in [0.3, 0.4) is 0 Å². The summed E-state index contributed by atoms with van der Waals surface area (Å²) < 4.78 is 51.2. The number of ether oxygens (including phenoxy) is 1. The maximum absolute atomic E-state index is 12.8. The summed E-state index contributed by atoms with van der Waals surface area (Å²) in [5.41, 5.74) is 0. The van der Waals surface area contributed by atoms with Crippen molar-refractivity contribution in [1.29, 1.82) is 0 Å². The summed E-state index contributed by atoms with van der Waals surface area (Å²) in [6, 6.07) is 0.857. The average molecular weight is 386 g/mol. The summed E-state index contributed by atoms with van der Waals surface area (Å²) in [5, 5.41) is 0. The third kappa shape index (κ3) is 3.23. The summed E-state index contributed by atoms with van der Waals surface area (Å²) in [6.07, 6.45) is -4.84. The Kier molecular flexibility index (Phi) is 3.56. The zero-order valence-corrected chi connectivity index (χ0v) is 9.94. The lowest BCUT2D eigenvalue weighted by Crippen LogP contribution is -2.18. The Hall–Kier alpha value is -0.120. The third-order valence-corrected chi connectivity index (χ3v) is 2.39. The van der Waals surface area contributed by atoms with Crippen LogP contribution < -0.4 is 4.74 Å². The zero-order chi connectivity index (χ0) is 10.9. The number of pyridine rings is 1. The van der Waals surface area contributed by atoms with E-state index in [2.05, 4.69) is 25.7 Å². The number of aromatic nitrogens is 1. The molecule has 0 radical (unpaired) electrons. The van der Waals surface area contributed by atoms with Gasteiger partial charge in [-0.1, -0.05) is 0 Å². The van der Waals surface area contributed by atoms with E-state index in [0.717, 1.165) is 6.07 Å². The summed E-state index contributed by atoms with van der Waals surface area (Å²) in [6.45, 7) is 0. The van der Waals surface area contributed by atoms with Gasteiger partial charge < -0.3 is 4.74 Å². The van der Waals surface area contributed by atoms with Crippen LogP contribution in [0.5, 0.6) is 5.88 Å². The van der Waals surface area contributed by atoms with Crippen molar-refractivity contribution in [1.82, 2.24) is 4.98 Å². The van der Waals surface area contributed by atoms with Gasteiger partial charge in [0.1, 0.15) is 3.70 Å². The first-order chi connectivity index (χ1) is 6.29. The van der Waals surface area contributed by atoms with E-state index in [1.807, 2.05) is 0 Å². The van der Waals surface area contributed by atoms with Gasteiger partial charge in [0, 0.05) is 0 Å². The molecule has 0 aliphatic heterocycles. The minimum atomic E-state index is -4.84. The largest absolute Gasteiger partial charge is 0.574 e. The maximum Gasteiger partial charge on any atom is 0.574 e. The van der Waals surface area contributed by atoms with E-state index in [9.17, 15) is 17.6 Å². The van der Waals surface area contributed by atoms with Gasteiger partial charge in [-0.25, -0.2) is 9.37 Å². The van der Waals surface area contributed by atoms with Crippen molar-refractivity contribution in [2.75, 3.05) is 0 Å². The van der Waals surface area contributed by atoms with Crippen molar-refractivity contribution < 1.29 is 22.3 Å². The second kappa shape index (κ2) is 4.17. The molecule has 0 N–H and O–H groups in total. The molecule has 1 rings (SSSR count). The number of nitrogens with zero attached hydrogens (tertiary/aromatic N) is 1. The number of halogens is 6. The lowest BCUT2D eigenvalue weighted by molar-refractivity contribution is -0.276. The highest BCUT2D eigenvalue weighted by molar-refractivity contribution is 14.1. The van der Waals surface area contributed by atoms with Crippen molar-refractivity contribution in [2.45, 2.75) is 6.36 Å². The first kappa shape index (κ1) is 12.0. The normalized spacial score (nSPS) is 11.6. The lowest BCUT2D eigenvalue weighted by Gasteiger charge is -2.09. The van der Waals surface area contributed by atoms with Crippen LogP contribution in [0.25, 0.3) is 0 Å². The smallest absolute Gasteiger partial charge is 0.387 e. The fourth-order valence-electron chi connectivity index (χ4n) is 0.610. The van der Waals surface area contributed by atoms with Crippen molar-refractivity contribution in [3.05, 3.63) is 20.1 Å². The van der Waals surface area contributed by atoms with E-state index in [1.54, 1.807) is 0 Å². The number of hydrogen-bond acceptors (Lipinski definition) is 2. The Balaban J connectivity index is 3.04. The highest BCUT2D eigenvalue weighted by Gasteiger charge is 2.33. The van der Waals surface area contributed by atoms with E-state index < -0.39 is 18.1 Å². The molecule has 0 spiro atoms. The molecule has 78 valence electrons. The summed E-state index contributed by atoms with van der Waals surface area (Å²) >= 11 is 4.17. The standard InChI is InChI=1S/C6HBrF4INO/c7-2-1-3(8)4(12)13-5(2)14-6(9,10)11/h1H. The molecule has 14 heavy (non-hydrogen) atoms.